The van der Waals surface area contributed by atoms with Crippen LogP contribution in [0.15, 0.2) is 71.4 Å². The lowest BCUT2D eigenvalue weighted by Gasteiger charge is -2.16. The molecule has 1 aliphatic heterocycles. The Hall–Kier alpha value is -4.10. The summed E-state index contributed by atoms with van der Waals surface area (Å²) in [5.41, 5.74) is 4.74. The van der Waals surface area contributed by atoms with Crippen molar-refractivity contribution in [3.63, 3.8) is 0 Å². The van der Waals surface area contributed by atoms with E-state index in [4.69, 9.17) is 16.3 Å². The maximum atomic E-state index is 13.1. The number of amides is 3. The molecule has 178 valence electrons. The third-order valence-corrected chi connectivity index (χ3v) is 5.95. The second-order valence-electron chi connectivity index (χ2n) is 8.32. The third-order valence-electron chi connectivity index (χ3n) is 5.60. The molecule has 0 radical (unpaired) electrons. The van der Waals surface area contributed by atoms with Gasteiger partial charge in [-0.25, -0.2) is 4.90 Å². The zero-order chi connectivity index (χ0) is 25.3. The molecule has 0 aliphatic carbocycles. The van der Waals surface area contributed by atoms with E-state index in [9.17, 15) is 14.4 Å². The normalized spacial score (nSPS) is 13.3. The van der Waals surface area contributed by atoms with Crippen LogP contribution >= 0.6 is 11.6 Å². The molecule has 0 spiro atoms. The van der Waals surface area contributed by atoms with Crippen molar-refractivity contribution in [1.29, 1.82) is 0 Å². The monoisotopic (exact) mass is 489 g/mol. The molecule has 2 N–H and O–H groups in total. The fourth-order valence-corrected chi connectivity index (χ4v) is 4.07. The Labute approximate surface area is 208 Å². The second kappa shape index (κ2) is 9.64. The summed E-state index contributed by atoms with van der Waals surface area (Å²) in [6.45, 7) is 5.75. The van der Waals surface area contributed by atoms with Crippen molar-refractivity contribution in [2.75, 3.05) is 22.6 Å². The average Bonchev–Trinajstić information content (AvgIpc) is 3.02. The highest BCUT2D eigenvalue weighted by atomic mass is 35.5. The molecule has 3 aromatic rings. The number of hydrogen-bond donors (Lipinski definition) is 2. The van der Waals surface area contributed by atoms with Crippen LogP contribution in [0, 0.1) is 20.8 Å². The summed E-state index contributed by atoms with van der Waals surface area (Å²) in [5.74, 6) is -0.927. The van der Waals surface area contributed by atoms with E-state index < -0.39 is 11.8 Å². The predicted octanol–water partition coefficient (Wildman–Crippen LogP) is 5.31. The predicted molar refractivity (Wildman–Crippen MR) is 137 cm³/mol. The van der Waals surface area contributed by atoms with Crippen LogP contribution in [0.1, 0.15) is 27.0 Å². The number of nitrogens with one attached hydrogen (secondary N) is 2. The number of anilines is 3. The summed E-state index contributed by atoms with van der Waals surface area (Å²) in [7, 11) is 1.53. The lowest BCUT2D eigenvalue weighted by Crippen LogP contribution is -2.32. The van der Waals surface area contributed by atoms with Gasteiger partial charge in [0.15, 0.2) is 0 Å². The first kappa shape index (κ1) is 24.0. The van der Waals surface area contributed by atoms with E-state index in [1.807, 2.05) is 39.0 Å². The molecule has 4 rings (SSSR count). The van der Waals surface area contributed by atoms with Gasteiger partial charge in [-0.3, -0.25) is 14.4 Å². The molecule has 1 heterocycles. The largest absolute Gasteiger partial charge is 0.497 e. The van der Waals surface area contributed by atoms with Gasteiger partial charge in [-0.2, -0.15) is 0 Å². The molecule has 3 amide bonds. The Morgan fingerprint density at radius 3 is 2.17 bits per heavy atom. The Morgan fingerprint density at radius 2 is 1.54 bits per heavy atom. The van der Waals surface area contributed by atoms with Gasteiger partial charge in [0.2, 0.25) is 0 Å². The Balaban J connectivity index is 1.57. The van der Waals surface area contributed by atoms with E-state index in [2.05, 4.69) is 10.6 Å². The Kier molecular flexibility index (Phi) is 6.62. The van der Waals surface area contributed by atoms with Crippen LogP contribution in [0.2, 0.25) is 0 Å². The standard InChI is InChI=1S/C27H24ClN3O4/c1-15-11-16(2)13-19(12-15)29-25(32)18-6-5-17(3)22(14-18)30-24-23(28)26(33)31(27(24)34)20-7-9-21(35-4)10-8-20/h5-14,30H,1-4H3,(H,29,32). The van der Waals surface area contributed by atoms with Crippen LogP contribution in [0.25, 0.3) is 0 Å². The van der Waals surface area contributed by atoms with Crippen molar-refractivity contribution in [3.8, 4) is 5.75 Å². The minimum absolute atomic E-state index is 0.0533. The summed E-state index contributed by atoms with van der Waals surface area (Å²) in [6, 6.07) is 17.4. The first-order valence-corrected chi connectivity index (χ1v) is 11.3. The fourth-order valence-electron chi connectivity index (χ4n) is 3.86. The molecule has 0 saturated carbocycles. The number of halogens is 1. The van der Waals surface area contributed by atoms with Crippen LogP contribution < -0.4 is 20.3 Å². The van der Waals surface area contributed by atoms with Crippen molar-refractivity contribution >= 4 is 46.4 Å². The van der Waals surface area contributed by atoms with Crippen LogP contribution in [0.5, 0.6) is 5.75 Å². The van der Waals surface area contributed by atoms with Crippen LogP contribution in [-0.4, -0.2) is 24.8 Å². The van der Waals surface area contributed by atoms with E-state index in [1.54, 1.807) is 42.5 Å². The lowest BCUT2D eigenvalue weighted by molar-refractivity contribution is -0.120. The van der Waals surface area contributed by atoms with Gasteiger partial charge in [-0.15, -0.1) is 0 Å². The van der Waals surface area contributed by atoms with Gasteiger partial charge in [0, 0.05) is 16.9 Å². The van der Waals surface area contributed by atoms with Crippen LogP contribution in [0.3, 0.4) is 0 Å². The summed E-state index contributed by atoms with van der Waals surface area (Å²) >= 11 is 6.27. The smallest absolute Gasteiger partial charge is 0.283 e. The summed E-state index contributed by atoms with van der Waals surface area (Å²) in [4.78, 5) is 39.8. The molecule has 7 nitrogen and oxygen atoms in total. The topological polar surface area (TPSA) is 87.7 Å². The van der Waals surface area contributed by atoms with E-state index in [-0.39, 0.29) is 16.6 Å². The average molecular weight is 490 g/mol. The third kappa shape index (κ3) is 4.90. The lowest BCUT2D eigenvalue weighted by atomic mass is 10.1. The molecule has 3 aromatic carbocycles. The number of rotatable bonds is 6. The van der Waals surface area contributed by atoms with Crippen molar-refractivity contribution in [2.45, 2.75) is 20.8 Å². The summed E-state index contributed by atoms with van der Waals surface area (Å²) in [6.07, 6.45) is 0. The van der Waals surface area contributed by atoms with Crippen molar-refractivity contribution in [3.05, 3.63) is 93.6 Å². The zero-order valence-electron chi connectivity index (χ0n) is 19.7. The maximum absolute atomic E-state index is 13.1. The van der Waals surface area contributed by atoms with Crippen LogP contribution in [-0.2, 0) is 9.59 Å². The first-order chi connectivity index (χ1) is 16.7. The van der Waals surface area contributed by atoms with E-state index in [1.165, 1.54) is 7.11 Å². The van der Waals surface area contributed by atoms with E-state index in [0.717, 1.165) is 21.6 Å². The fraction of sp³-hybridized carbons (Fsp3) is 0.148. The number of carbonyl (C=O) groups excluding carboxylic acids is 3. The first-order valence-electron chi connectivity index (χ1n) is 10.9. The van der Waals surface area contributed by atoms with Gasteiger partial charge in [-0.05, 0) is 86.0 Å². The number of methoxy groups -OCH3 is 1. The van der Waals surface area contributed by atoms with Crippen molar-refractivity contribution in [2.24, 2.45) is 0 Å². The molecule has 1 aliphatic rings. The van der Waals surface area contributed by atoms with Gasteiger partial charge >= 0.3 is 0 Å². The Bertz CT molecular complexity index is 1360. The minimum atomic E-state index is -0.634. The molecule has 0 atom stereocenters. The molecular formula is C27H24ClN3O4. The molecule has 0 fully saturated rings. The highest BCUT2D eigenvalue weighted by Crippen LogP contribution is 2.32. The van der Waals surface area contributed by atoms with Gasteiger partial charge in [0.1, 0.15) is 16.5 Å². The van der Waals surface area contributed by atoms with Gasteiger partial charge < -0.3 is 15.4 Å². The molecule has 0 bridgehead atoms. The summed E-state index contributed by atoms with van der Waals surface area (Å²) in [5, 5.41) is 5.64. The second-order valence-corrected chi connectivity index (χ2v) is 8.70. The van der Waals surface area contributed by atoms with E-state index in [0.29, 0.717) is 28.4 Å². The highest BCUT2D eigenvalue weighted by Gasteiger charge is 2.39. The molecule has 0 saturated heterocycles. The van der Waals surface area contributed by atoms with Crippen molar-refractivity contribution < 1.29 is 19.1 Å². The SMILES string of the molecule is COc1ccc(N2C(=O)C(Cl)=C(Nc3cc(C(=O)Nc4cc(C)cc(C)c4)ccc3C)C2=O)cc1. The number of nitrogens with zero attached hydrogens (tertiary/aromatic N) is 1. The number of ether oxygens (including phenoxy) is 1. The zero-order valence-corrected chi connectivity index (χ0v) is 20.5. The van der Waals surface area contributed by atoms with Crippen LogP contribution in [0.4, 0.5) is 17.1 Å². The molecular weight excluding hydrogens is 466 g/mol. The van der Waals surface area contributed by atoms with Crippen molar-refractivity contribution in [1.82, 2.24) is 0 Å². The van der Waals surface area contributed by atoms with Gasteiger partial charge in [0.05, 0.1) is 12.8 Å². The molecule has 0 aromatic heterocycles. The number of carbonyl (C=O) groups is 3. The number of hydrogen-bond acceptors (Lipinski definition) is 5. The maximum Gasteiger partial charge on any atom is 0.283 e. The van der Waals surface area contributed by atoms with Gasteiger partial charge in [0.25, 0.3) is 17.7 Å². The number of imide groups is 1. The number of aryl methyl sites for hydroxylation is 3. The quantitative estimate of drug-likeness (QED) is 0.458. The summed E-state index contributed by atoms with van der Waals surface area (Å²) < 4.78 is 5.13. The van der Waals surface area contributed by atoms with Gasteiger partial charge in [-0.1, -0.05) is 23.7 Å². The highest BCUT2D eigenvalue weighted by molar-refractivity contribution is 6.53. The van der Waals surface area contributed by atoms with E-state index >= 15 is 0 Å². The molecule has 0 unspecified atom stereocenters. The molecule has 35 heavy (non-hydrogen) atoms. The minimum Gasteiger partial charge on any atom is -0.497 e. The molecule has 8 heteroatoms. The Morgan fingerprint density at radius 1 is 0.886 bits per heavy atom. The number of benzene rings is 3.